The number of benzene rings is 1. The Morgan fingerprint density at radius 3 is 2.74 bits per heavy atom. The lowest BCUT2D eigenvalue weighted by Gasteiger charge is -2.15. The number of halogens is 1. The van der Waals surface area contributed by atoms with Crippen molar-refractivity contribution in [1.29, 1.82) is 0 Å². The van der Waals surface area contributed by atoms with Crippen LogP contribution in [0.1, 0.15) is 18.4 Å². The van der Waals surface area contributed by atoms with E-state index < -0.39 is 5.82 Å². The van der Waals surface area contributed by atoms with Crippen molar-refractivity contribution in [3.63, 3.8) is 0 Å². The first kappa shape index (κ1) is 13.8. The van der Waals surface area contributed by atoms with E-state index in [2.05, 4.69) is 0 Å². The van der Waals surface area contributed by atoms with E-state index in [1.165, 1.54) is 6.07 Å². The Bertz CT molecular complexity index is 445. The summed E-state index contributed by atoms with van der Waals surface area (Å²) in [5.74, 6) is -0.406. The summed E-state index contributed by atoms with van der Waals surface area (Å²) >= 11 is 0. The third-order valence-electron chi connectivity index (χ3n) is 3.24. The van der Waals surface area contributed by atoms with Crippen LogP contribution < -0.4 is 10.5 Å². The predicted molar refractivity (Wildman–Crippen MR) is 70.5 cm³/mol. The average Bonchev–Trinajstić information content (AvgIpc) is 2.92. The van der Waals surface area contributed by atoms with Gasteiger partial charge in [-0.25, -0.2) is 4.39 Å². The summed E-state index contributed by atoms with van der Waals surface area (Å²) in [6.07, 6.45) is 2.70. The number of hydrogen-bond donors (Lipinski definition) is 1. The summed E-state index contributed by atoms with van der Waals surface area (Å²) in [5.41, 5.74) is 6.24. The minimum absolute atomic E-state index is 0.0806. The van der Waals surface area contributed by atoms with Gasteiger partial charge in [0.15, 0.2) is 18.2 Å². The van der Waals surface area contributed by atoms with Crippen molar-refractivity contribution in [3.8, 4) is 5.75 Å². The molecule has 1 aromatic rings. The summed E-state index contributed by atoms with van der Waals surface area (Å²) in [6, 6.07) is 4.73. The molecule has 0 bridgehead atoms. The highest BCUT2D eigenvalue weighted by atomic mass is 19.1. The van der Waals surface area contributed by atoms with E-state index in [1.54, 1.807) is 17.0 Å². The van der Waals surface area contributed by atoms with Gasteiger partial charge in [-0.05, 0) is 43.5 Å². The number of amides is 1. The first-order chi connectivity index (χ1) is 9.20. The van der Waals surface area contributed by atoms with Crippen molar-refractivity contribution in [3.05, 3.63) is 29.6 Å². The Morgan fingerprint density at radius 2 is 2.11 bits per heavy atom. The monoisotopic (exact) mass is 266 g/mol. The molecule has 0 aliphatic carbocycles. The van der Waals surface area contributed by atoms with Crippen LogP contribution in [-0.2, 0) is 11.2 Å². The van der Waals surface area contributed by atoms with Gasteiger partial charge in [0.25, 0.3) is 5.91 Å². The van der Waals surface area contributed by atoms with E-state index in [1.807, 2.05) is 0 Å². The molecule has 1 heterocycles. The number of carbonyl (C=O) groups is 1. The predicted octanol–water partition coefficient (Wildman–Crippen LogP) is 1.33. The summed E-state index contributed by atoms with van der Waals surface area (Å²) in [5, 5.41) is 0. The zero-order valence-electron chi connectivity index (χ0n) is 10.9. The first-order valence-electron chi connectivity index (χ1n) is 6.60. The fourth-order valence-corrected chi connectivity index (χ4v) is 2.18. The first-order valence-corrected chi connectivity index (χ1v) is 6.60. The molecular weight excluding hydrogens is 247 g/mol. The molecule has 0 atom stereocenters. The molecule has 1 fully saturated rings. The second-order valence-electron chi connectivity index (χ2n) is 4.68. The molecule has 0 saturated carbocycles. The summed E-state index contributed by atoms with van der Waals surface area (Å²) in [7, 11) is 0. The van der Waals surface area contributed by atoms with E-state index in [0.29, 0.717) is 13.0 Å². The molecule has 0 aromatic heterocycles. The van der Waals surface area contributed by atoms with Gasteiger partial charge in [-0.2, -0.15) is 0 Å². The Hall–Kier alpha value is -1.62. The molecule has 5 heteroatoms. The molecule has 104 valence electrons. The van der Waals surface area contributed by atoms with Gasteiger partial charge in [0.2, 0.25) is 0 Å². The van der Waals surface area contributed by atoms with Gasteiger partial charge in [-0.15, -0.1) is 0 Å². The Labute approximate surface area is 112 Å². The van der Waals surface area contributed by atoms with Crippen molar-refractivity contribution < 1.29 is 13.9 Å². The highest BCUT2D eigenvalue weighted by molar-refractivity contribution is 5.78. The van der Waals surface area contributed by atoms with Crippen molar-refractivity contribution in [2.75, 3.05) is 26.2 Å². The number of carbonyl (C=O) groups excluding carboxylic acids is 1. The largest absolute Gasteiger partial charge is 0.481 e. The molecule has 0 unspecified atom stereocenters. The minimum Gasteiger partial charge on any atom is -0.481 e. The van der Waals surface area contributed by atoms with E-state index >= 15 is 0 Å². The fourth-order valence-electron chi connectivity index (χ4n) is 2.18. The van der Waals surface area contributed by atoms with Crippen LogP contribution in [0.2, 0.25) is 0 Å². The average molecular weight is 266 g/mol. The third kappa shape index (κ3) is 3.67. The molecule has 1 aliphatic rings. The maximum absolute atomic E-state index is 13.7. The lowest BCUT2D eigenvalue weighted by Crippen LogP contribution is -2.32. The standard InChI is InChI=1S/C14H19FN2O2/c15-12-9-11(5-6-16)3-4-13(12)19-10-14(18)17-7-1-2-8-17/h3-4,9H,1-2,5-8,10,16H2. The molecule has 19 heavy (non-hydrogen) atoms. The number of nitrogens with zero attached hydrogens (tertiary/aromatic N) is 1. The molecule has 1 aromatic carbocycles. The SMILES string of the molecule is NCCc1ccc(OCC(=O)N2CCCC2)c(F)c1. The van der Waals surface area contributed by atoms with Gasteiger partial charge in [-0.3, -0.25) is 4.79 Å². The van der Waals surface area contributed by atoms with Gasteiger partial charge in [0.05, 0.1) is 0 Å². The molecule has 1 amide bonds. The van der Waals surface area contributed by atoms with E-state index in [4.69, 9.17) is 10.5 Å². The van der Waals surface area contributed by atoms with E-state index in [0.717, 1.165) is 31.5 Å². The maximum atomic E-state index is 13.7. The van der Waals surface area contributed by atoms with Gasteiger partial charge >= 0.3 is 0 Å². The molecule has 2 N–H and O–H groups in total. The van der Waals surface area contributed by atoms with Crippen LogP contribution in [0.25, 0.3) is 0 Å². The fraction of sp³-hybridized carbons (Fsp3) is 0.500. The second-order valence-corrected chi connectivity index (χ2v) is 4.68. The van der Waals surface area contributed by atoms with Crippen LogP contribution in [0.5, 0.6) is 5.75 Å². The lowest BCUT2D eigenvalue weighted by atomic mass is 10.1. The van der Waals surface area contributed by atoms with Crippen molar-refractivity contribution in [2.24, 2.45) is 5.73 Å². The van der Waals surface area contributed by atoms with Gasteiger partial charge in [0, 0.05) is 13.1 Å². The van der Waals surface area contributed by atoms with Crippen molar-refractivity contribution in [2.45, 2.75) is 19.3 Å². The quantitative estimate of drug-likeness (QED) is 0.874. The highest BCUT2D eigenvalue weighted by Gasteiger charge is 2.18. The molecule has 0 spiro atoms. The molecule has 1 saturated heterocycles. The van der Waals surface area contributed by atoms with E-state index in [9.17, 15) is 9.18 Å². The lowest BCUT2D eigenvalue weighted by molar-refractivity contribution is -0.132. The number of rotatable bonds is 5. The van der Waals surface area contributed by atoms with Crippen molar-refractivity contribution >= 4 is 5.91 Å². The summed E-state index contributed by atoms with van der Waals surface area (Å²) in [6.45, 7) is 1.93. The van der Waals surface area contributed by atoms with Crippen LogP contribution in [0, 0.1) is 5.82 Å². The number of nitrogens with two attached hydrogens (primary N) is 1. The topological polar surface area (TPSA) is 55.6 Å². The summed E-state index contributed by atoms with van der Waals surface area (Å²) in [4.78, 5) is 13.5. The summed E-state index contributed by atoms with van der Waals surface area (Å²) < 4.78 is 19.0. The molecule has 1 aliphatic heterocycles. The number of ether oxygens (including phenoxy) is 1. The van der Waals surface area contributed by atoms with Crippen LogP contribution in [0.15, 0.2) is 18.2 Å². The maximum Gasteiger partial charge on any atom is 0.260 e. The second kappa shape index (κ2) is 6.52. The smallest absolute Gasteiger partial charge is 0.260 e. The Balaban J connectivity index is 1.90. The van der Waals surface area contributed by atoms with Crippen LogP contribution >= 0.6 is 0 Å². The number of likely N-dealkylation sites (tertiary alicyclic amines) is 1. The van der Waals surface area contributed by atoms with Crippen LogP contribution in [0.4, 0.5) is 4.39 Å². The van der Waals surface area contributed by atoms with E-state index in [-0.39, 0.29) is 18.3 Å². The van der Waals surface area contributed by atoms with Gasteiger partial charge in [-0.1, -0.05) is 6.07 Å². The molecule has 2 rings (SSSR count). The highest BCUT2D eigenvalue weighted by Crippen LogP contribution is 2.19. The van der Waals surface area contributed by atoms with Crippen LogP contribution in [-0.4, -0.2) is 37.0 Å². The Kier molecular flexibility index (Phi) is 4.74. The zero-order valence-corrected chi connectivity index (χ0v) is 10.9. The van der Waals surface area contributed by atoms with Crippen LogP contribution in [0.3, 0.4) is 0 Å². The molecular formula is C14H19FN2O2. The number of hydrogen-bond acceptors (Lipinski definition) is 3. The normalized spacial score (nSPS) is 14.7. The minimum atomic E-state index is -0.444. The zero-order chi connectivity index (χ0) is 13.7. The van der Waals surface area contributed by atoms with Gasteiger partial charge in [0.1, 0.15) is 0 Å². The molecule has 0 radical (unpaired) electrons. The molecule has 4 nitrogen and oxygen atoms in total. The third-order valence-corrected chi connectivity index (χ3v) is 3.24. The van der Waals surface area contributed by atoms with Gasteiger partial charge < -0.3 is 15.4 Å². The Morgan fingerprint density at radius 1 is 1.37 bits per heavy atom. The van der Waals surface area contributed by atoms with Crippen molar-refractivity contribution in [1.82, 2.24) is 4.90 Å².